The van der Waals surface area contributed by atoms with Crippen LogP contribution in [0.2, 0.25) is 0 Å². The molecular formula is C27H31N9O3S. The van der Waals surface area contributed by atoms with Gasteiger partial charge in [-0.15, -0.1) is 11.3 Å². The van der Waals surface area contributed by atoms with Crippen molar-refractivity contribution in [1.29, 1.82) is 0 Å². The largest absolute Gasteiger partial charge is 0.379 e. The van der Waals surface area contributed by atoms with Gasteiger partial charge in [0.05, 0.1) is 43.5 Å². The van der Waals surface area contributed by atoms with Crippen molar-refractivity contribution >= 4 is 29.0 Å². The van der Waals surface area contributed by atoms with Crippen molar-refractivity contribution in [2.45, 2.75) is 13.1 Å². The maximum Gasteiger partial charge on any atom is 0.319 e. The Morgan fingerprint density at radius 2 is 1.65 bits per heavy atom. The molecule has 12 nitrogen and oxygen atoms in total. The summed E-state index contributed by atoms with van der Waals surface area (Å²) in [4.78, 5) is 33.7. The van der Waals surface area contributed by atoms with Crippen LogP contribution in [0.1, 0.15) is 10.6 Å². The topological polar surface area (TPSA) is 133 Å². The first-order valence-corrected chi connectivity index (χ1v) is 14.1. The molecule has 0 unspecified atom stereocenters. The predicted octanol–water partition coefficient (Wildman–Crippen LogP) is 2.98. The Hall–Kier alpha value is -3.91. The zero-order valence-electron chi connectivity index (χ0n) is 22.0. The summed E-state index contributed by atoms with van der Waals surface area (Å²) in [5, 5.41) is 12.4. The number of nitrogens with one attached hydrogen (secondary N) is 3. The molecule has 0 atom stereocenters. The molecule has 3 aromatic heterocycles. The monoisotopic (exact) mass is 561 g/mol. The van der Waals surface area contributed by atoms with E-state index in [1.165, 1.54) is 4.88 Å². The van der Waals surface area contributed by atoms with E-state index in [0.717, 1.165) is 62.1 Å². The van der Waals surface area contributed by atoms with Crippen molar-refractivity contribution in [1.82, 2.24) is 35.4 Å². The first-order valence-electron chi connectivity index (χ1n) is 13.3. The lowest BCUT2D eigenvalue weighted by Crippen LogP contribution is -2.37. The van der Waals surface area contributed by atoms with Crippen LogP contribution < -0.4 is 15.5 Å². The summed E-state index contributed by atoms with van der Waals surface area (Å²) in [5.41, 5.74) is 2.26. The molecule has 1 aromatic carbocycles. The highest BCUT2D eigenvalue weighted by Gasteiger charge is 2.19. The number of aromatic nitrogens is 5. The summed E-state index contributed by atoms with van der Waals surface area (Å²) < 4.78 is 11.0. The van der Waals surface area contributed by atoms with E-state index in [9.17, 15) is 4.79 Å². The molecule has 2 saturated heterocycles. The molecule has 5 heterocycles. The molecule has 2 fully saturated rings. The first-order chi connectivity index (χ1) is 19.7. The van der Waals surface area contributed by atoms with Crippen LogP contribution in [0.15, 0.2) is 48.7 Å². The number of morpholine rings is 2. The van der Waals surface area contributed by atoms with Gasteiger partial charge in [0.15, 0.2) is 11.6 Å². The number of benzene rings is 1. The van der Waals surface area contributed by atoms with Gasteiger partial charge < -0.3 is 25.0 Å². The fourth-order valence-corrected chi connectivity index (χ4v) is 5.49. The Morgan fingerprint density at radius 1 is 0.900 bits per heavy atom. The second kappa shape index (κ2) is 12.5. The third-order valence-electron chi connectivity index (χ3n) is 6.67. The number of carbonyl (C=O) groups is 1. The van der Waals surface area contributed by atoms with Gasteiger partial charge in [0.25, 0.3) is 0 Å². The lowest BCUT2D eigenvalue weighted by molar-refractivity contribution is 0.0346. The van der Waals surface area contributed by atoms with E-state index in [2.05, 4.69) is 42.8 Å². The predicted molar refractivity (Wildman–Crippen MR) is 152 cm³/mol. The maximum absolute atomic E-state index is 12.3. The van der Waals surface area contributed by atoms with Crippen molar-refractivity contribution in [2.75, 3.05) is 62.8 Å². The quantitative estimate of drug-likeness (QED) is 0.297. The highest BCUT2D eigenvalue weighted by atomic mass is 32.1. The molecule has 6 rings (SSSR count). The fourth-order valence-electron chi connectivity index (χ4n) is 4.51. The SMILES string of the molecule is O=C(NCc1cc[nH]n1)Nc1ccc(-c2nc(-c3ccc(CN4CCOCC4)s3)nc(N3CCOCC3)n2)cc1. The zero-order valence-corrected chi connectivity index (χ0v) is 22.8. The first kappa shape index (κ1) is 26.3. The minimum atomic E-state index is -0.307. The molecule has 2 aliphatic heterocycles. The van der Waals surface area contributed by atoms with Gasteiger partial charge in [0, 0.05) is 55.0 Å². The van der Waals surface area contributed by atoms with Gasteiger partial charge in [-0.05, 0) is 42.5 Å². The van der Waals surface area contributed by atoms with Crippen molar-refractivity contribution < 1.29 is 14.3 Å². The summed E-state index contributed by atoms with van der Waals surface area (Å²) in [6.07, 6.45) is 1.72. The zero-order chi connectivity index (χ0) is 27.1. The average molecular weight is 562 g/mol. The Balaban J connectivity index is 1.20. The van der Waals surface area contributed by atoms with E-state index < -0.39 is 0 Å². The standard InChI is InChI=1S/C27H31N9O3S/c37-27(28-17-21-7-8-29-34-21)30-20-3-1-19(2-4-20)24-31-25(33-26(32-24)36-11-15-39-16-12-36)23-6-5-22(40-23)18-35-9-13-38-14-10-35/h1-8H,9-18H2,(H,29,34)(H2,28,30,37). The molecule has 0 saturated carbocycles. The number of H-pyrrole nitrogens is 1. The van der Waals surface area contributed by atoms with Crippen LogP contribution in [0.5, 0.6) is 0 Å². The second-order valence-corrected chi connectivity index (χ2v) is 10.7. The Morgan fingerprint density at radius 3 is 2.40 bits per heavy atom. The minimum Gasteiger partial charge on any atom is -0.379 e. The van der Waals surface area contributed by atoms with E-state index in [0.29, 0.717) is 43.0 Å². The van der Waals surface area contributed by atoms with Crippen LogP contribution in [0.25, 0.3) is 22.1 Å². The van der Waals surface area contributed by atoms with Crippen molar-refractivity contribution in [3.05, 3.63) is 59.2 Å². The van der Waals surface area contributed by atoms with E-state index in [-0.39, 0.29) is 6.03 Å². The van der Waals surface area contributed by atoms with Crippen molar-refractivity contribution in [3.63, 3.8) is 0 Å². The van der Waals surface area contributed by atoms with Gasteiger partial charge in [0.2, 0.25) is 5.95 Å². The number of nitrogens with zero attached hydrogens (tertiary/aromatic N) is 6. The summed E-state index contributed by atoms with van der Waals surface area (Å²) in [7, 11) is 0. The highest BCUT2D eigenvalue weighted by Crippen LogP contribution is 2.30. The van der Waals surface area contributed by atoms with E-state index in [1.54, 1.807) is 17.5 Å². The minimum absolute atomic E-state index is 0.307. The average Bonchev–Trinajstić information content (AvgIpc) is 3.70. The molecule has 0 radical (unpaired) electrons. The number of urea groups is 1. The third-order valence-corrected chi connectivity index (χ3v) is 7.74. The van der Waals surface area contributed by atoms with Gasteiger partial charge in [0.1, 0.15) is 0 Å². The maximum atomic E-state index is 12.3. The highest BCUT2D eigenvalue weighted by molar-refractivity contribution is 7.15. The number of thiophene rings is 1. The molecule has 4 aromatic rings. The van der Waals surface area contributed by atoms with E-state index in [1.807, 2.05) is 30.3 Å². The Labute approximate surface area is 235 Å². The number of hydrogen-bond acceptors (Lipinski definition) is 10. The van der Waals surface area contributed by atoms with Crippen LogP contribution in [0.3, 0.4) is 0 Å². The normalized spacial score (nSPS) is 16.1. The van der Waals surface area contributed by atoms with Gasteiger partial charge in [-0.25, -0.2) is 9.78 Å². The van der Waals surface area contributed by atoms with Crippen LogP contribution in [-0.4, -0.2) is 88.7 Å². The second-order valence-electron chi connectivity index (χ2n) is 9.49. The van der Waals surface area contributed by atoms with Crippen molar-refractivity contribution in [3.8, 4) is 22.1 Å². The number of aromatic amines is 1. The van der Waals surface area contributed by atoms with Crippen molar-refractivity contribution in [2.24, 2.45) is 0 Å². The Bertz CT molecular complexity index is 1400. The van der Waals surface area contributed by atoms with Crippen LogP contribution in [0, 0.1) is 0 Å². The molecular weight excluding hydrogens is 530 g/mol. The molecule has 0 bridgehead atoms. The van der Waals surface area contributed by atoms with Crippen LogP contribution in [0.4, 0.5) is 16.4 Å². The summed E-state index contributed by atoms with van der Waals surface area (Å²) in [6.45, 7) is 7.42. The molecule has 0 aliphatic carbocycles. The number of amides is 2. The molecule has 2 amide bonds. The summed E-state index contributed by atoms with van der Waals surface area (Å²) >= 11 is 1.71. The lowest BCUT2D eigenvalue weighted by Gasteiger charge is -2.27. The van der Waals surface area contributed by atoms with Crippen LogP contribution >= 0.6 is 11.3 Å². The number of hydrogen-bond donors (Lipinski definition) is 3. The van der Waals surface area contributed by atoms with Gasteiger partial charge in [-0.1, -0.05) is 0 Å². The van der Waals surface area contributed by atoms with E-state index in [4.69, 9.17) is 24.4 Å². The third kappa shape index (κ3) is 6.62. The lowest BCUT2D eigenvalue weighted by atomic mass is 10.2. The number of ether oxygens (including phenoxy) is 2. The van der Waals surface area contributed by atoms with Gasteiger partial charge >= 0.3 is 6.03 Å². The van der Waals surface area contributed by atoms with Gasteiger partial charge in [-0.2, -0.15) is 15.1 Å². The summed E-state index contributed by atoms with van der Waals surface area (Å²) in [5.74, 6) is 1.89. The number of anilines is 2. The van der Waals surface area contributed by atoms with E-state index >= 15 is 0 Å². The Kier molecular flexibility index (Phi) is 8.23. The molecule has 208 valence electrons. The molecule has 3 N–H and O–H groups in total. The number of rotatable bonds is 8. The number of carbonyl (C=O) groups excluding carboxylic acids is 1. The molecule has 40 heavy (non-hydrogen) atoms. The molecule has 0 spiro atoms. The fraction of sp³-hybridized carbons (Fsp3) is 0.370. The molecule has 13 heteroatoms. The van der Waals surface area contributed by atoms with Gasteiger partial charge in [-0.3, -0.25) is 10.00 Å². The van der Waals surface area contributed by atoms with Crippen LogP contribution in [-0.2, 0) is 22.6 Å². The summed E-state index contributed by atoms with van der Waals surface area (Å²) in [6, 6.07) is 13.2. The molecule has 2 aliphatic rings. The smallest absolute Gasteiger partial charge is 0.319 e.